The summed E-state index contributed by atoms with van der Waals surface area (Å²) in [5.41, 5.74) is 2.84. The van der Waals surface area contributed by atoms with Crippen LogP contribution in [0.2, 0.25) is 0 Å². The molecule has 1 N–H and O–H groups in total. The quantitative estimate of drug-likeness (QED) is 0.786. The molecule has 0 aliphatic carbocycles. The van der Waals surface area contributed by atoms with Gasteiger partial charge in [-0.2, -0.15) is 0 Å². The van der Waals surface area contributed by atoms with Gasteiger partial charge in [0.1, 0.15) is 5.65 Å². The summed E-state index contributed by atoms with van der Waals surface area (Å²) >= 11 is 0. The number of imidazole rings is 1. The van der Waals surface area contributed by atoms with Gasteiger partial charge in [0, 0.05) is 11.9 Å². The maximum Gasteiger partial charge on any atom is 0.137 e. The summed E-state index contributed by atoms with van der Waals surface area (Å²) in [4.78, 5) is 4.29. The Balaban J connectivity index is 2.66. The molecule has 0 fully saturated rings. The van der Waals surface area contributed by atoms with Crippen LogP contribution in [0.15, 0.2) is 24.4 Å². The van der Waals surface area contributed by atoms with Crippen molar-refractivity contribution < 1.29 is 5.11 Å². The van der Waals surface area contributed by atoms with Crippen LogP contribution in [-0.4, -0.2) is 14.5 Å². The number of nitrogens with zero attached hydrogens (tertiary/aromatic N) is 2. The first kappa shape index (κ1) is 9.21. The number of fused-ring (bicyclic) bond motifs is 1. The molecular weight excluding hydrogens is 176 g/mol. The summed E-state index contributed by atoms with van der Waals surface area (Å²) in [5.74, 6) is 0.458. The normalized spacial score (nSPS) is 11.4. The molecule has 0 spiro atoms. The standard InChI is InChI=1S/C11H14N2O/c1-8(2)10-4-3-5-11-12-9(7-14)6-13(10)11/h3-6,8,14H,7H2,1-2H3. The highest BCUT2D eigenvalue weighted by Crippen LogP contribution is 2.16. The number of rotatable bonds is 2. The SMILES string of the molecule is CC(C)c1cccc2nc(CO)cn12. The van der Waals surface area contributed by atoms with Crippen molar-refractivity contribution >= 4 is 5.65 Å². The van der Waals surface area contributed by atoms with Crippen LogP contribution in [0.5, 0.6) is 0 Å². The highest BCUT2D eigenvalue weighted by atomic mass is 16.3. The number of aliphatic hydroxyl groups excluding tert-OH is 1. The summed E-state index contributed by atoms with van der Waals surface area (Å²) in [6.45, 7) is 4.29. The first-order valence-corrected chi connectivity index (χ1v) is 4.80. The molecule has 14 heavy (non-hydrogen) atoms. The highest BCUT2D eigenvalue weighted by Gasteiger charge is 2.06. The van der Waals surface area contributed by atoms with Crippen LogP contribution in [0, 0.1) is 0 Å². The molecule has 0 saturated carbocycles. The largest absolute Gasteiger partial charge is 0.390 e. The minimum atomic E-state index is -0.000779. The molecule has 0 bridgehead atoms. The molecule has 0 unspecified atom stereocenters. The molecule has 0 amide bonds. The van der Waals surface area contributed by atoms with Gasteiger partial charge in [-0.1, -0.05) is 19.9 Å². The fraction of sp³-hybridized carbons (Fsp3) is 0.364. The Bertz CT molecular complexity index is 445. The van der Waals surface area contributed by atoms with Gasteiger partial charge >= 0.3 is 0 Å². The van der Waals surface area contributed by atoms with Gasteiger partial charge in [-0.3, -0.25) is 0 Å². The third-order valence-corrected chi connectivity index (χ3v) is 2.33. The Morgan fingerprint density at radius 2 is 2.21 bits per heavy atom. The summed E-state index contributed by atoms with van der Waals surface area (Å²) in [6.07, 6.45) is 1.89. The number of aliphatic hydroxyl groups is 1. The van der Waals surface area contributed by atoms with Gasteiger partial charge in [0.2, 0.25) is 0 Å². The van der Waals surface area contributed by atoms with E-state index in [1.54, 1.807) is 0 Å². The average Bonchev–Trinajstić information content (AvgIpc) is 2.59. The lowest BCUT2D eigenvalue weighted by molar-refractivity contribution is 0.277. The fourth-order valence-electron chi connectivity index (χ4n) is 1.63. The van der Waals surface area contributed by atoms with E-state index in [0.29, 0.717) is 5.92 Å². The Morgan fingerprint density at radius 1 is 1.43 bits per heavy atom. The number of pyridine rings is 1. The van der Waals surface area contributed by atoms with Crippen LogP contribution in [0.3, 0.4) is 0 Å². The number of aromatic nitrogens is 2. The lowest BCUT2D eigenvalue weighted by Gasteiger charge is -2.07. The number of hydrogen-bond donors (Lipinski definition) is 1. The minimum Gasteiger partial charge on any atom is -0.390 e. The predicted molar refractivity (Wildman–Crippen MR) is 55.2 cm³/mol. The molecule has 0 atom stereocenters. The van der Waals surface area contributed by atoms with Gasteiger partial charge in [0.05, 0.1) is 12.3 Å². The predicted octanol–water partition coefficient (Wildman–Crippen LogP) is 1.95. The zero-order valence-electron chi connectivity index (χ0n) is 8.44. The number of hydrogen-bond acceptors (Lipinski definition) is 2. The molecular formula is C11H14N2O. The topological polar surface area (TPSA) is 37.5 Å². The molecule has 74 valence electrons. The van der Waals surface area contributed by atoms with E-state index in [2.05, 4.69) is 24.9 Å². The molecule has 0 saturated heterocycles. The van der Waals surface area contributed by atoms with Crippen molar-refractivity contribution in [3.05, 3.63) is 35.8 Å². The van der Waals surface area contributed by atoms with E-state index in [1.165, 1.54) is 5.69 Å². The zero-order valence-corrected chi connectivity index (χ0v) is 8.44. The Morgan fingerprint density at radius 3 is 2.86 bits per heavy atom. The van der Waals surface area contributed by atoms with Gasteiger partial charge < -0.3 is 9.51 Å². The van der Waals surface area contributed by atoms with Crippen molar-refractivity contribution in [2.45, 2.75) is 26.4 Å². The third kappa shape index (κ3) is 1.40. The van der Waals surface area contributed by atoms with Crippen molar-refractivity contribution in [3.8, 4) is 0 Å². The van der Waals surface area contributed by atoms with E-state index < -0.39 is 0 Å². The molecule has 2 aromatic rings. The minimum absolute atomic E-state index is 0.000779. The molecule has 3 heteroatoms. The average molecular weight is 190 g/mol. The van der Waals surface area contributed by atoms with E-state index >= 15 is 0 Å². The monoisotopic (exact) mass is 190 g/mol. The molecule has 0 aliphatic heterocycles. The van der Waals surface area contributed by atoms with Crippen molar-refractivity contribution in [2.75, 3.05) is 0 Å². The first-order valence-electron chi connectivity index (χ1n) is 4.80. The van der Waals surface area contributed by atoms with Gasteiger partial charge in [-0.15, -0.1) is 0 Å². The van der Waals surface area contributed by atoms with Crippen molar-refractivity contribution in [3.63, 3.8) is 0 Å². The van der Waals surface area contributed by atoms with Gasteiger partial charge in [-0.05, 0) is 18.1 Å². The first-order chi connectivity index (χ1) is 6.72. The second kappa shape index (κ2) is 3.42. The van der Waals surface area contributed by atoms with Gasteiger partial charge in [-0.25, -0.2) is 4.98 Å². The lowest BCUT2D eigenvalue weighted by Crippen LogP contribution is -1.96. The van der Waals surface area contributed by atoms with Gasteiger partial charge in [0.25, 0.3) is 0 Å². The van der Waals surface area contributed by atoms with Crippen LogP contribution in [-0.2, 0) is 6.61 Å². The smallest absolute Gasteiger partial charge is 0.137 e. The van der Waals surface area contributed by atoms with Crippen molar-refractivity contribution in [2.24, 2.45) is 0 Å². The van der Waals surface area contributed by atoms with E-state index in [1.807, 2.05) is 22.7 Å². The second-order valence-corrected chi connectivity index (χ2v) is 3.72. The van der Waals surface area contributed by atoms with E-state index in [0.717, 1.165) is 11.3 Å². The molecule has 0 aromatic carbocycles. The third-order valence-electron chi connectivity index (χ3n) is 2.33. The van der Waals surface area contributed by atoms with Crippen LogP contribution < -0.4 is 0 Å². The van der Waals surface area contributed by atoms with Crippen LogP contribution >= 0.6 is 0 Å². The zero-order chi connectivity index (χ0) is 10.1. The van der Waals surface area contributed by atoms with Crippen LogP contribution in [0.1, 0.15) is 31.2 Å². The molecule has 3 nitrogen and oxygen atoms in total. The molecule has 2 rings (SSSR count). The summed E-state index contributed by atoms with van der Waals surface area (Å²) in [5, 5.41) is 8.99. The van der Waals surface area contributed by atoms with E-state index in [4.69, 9.17) is 5.11 Å². The van der Waals surface area contributed by atoms with Crippen molar-refractivity contribution in [1.82, 2.24) is 9.38 Å². The Kier molecular flexibility index (Phi) is 2.25. The molecule has 0 radical (unpaired) electrons. The van der Waals surface area contributed by atoms with Crippen LogP contribution in [0.4, 0.5) is 0 Å². The van der Waals surface area contributed by atoms with E-state index in [-0.39, 0.29) is 6.61 Å². The maximum atomic E-state index is 8.99. The Hall–Kier alpha value is -1.35. The fourth-order valence-corrected chi connectivity index (χ4v) is 1.63. The van der Waals surface area contributed by atoms with Gasteiger partial charge in [0.15, 0.2) is 0 Å². The van der Waals surface area contributed by atoms with Crippen LogP contribution in [0.25, 0.3) is 5.65 Å². The molecule has 2 aromatic heterocycles. The molecule has 0 aliphatic rings. The lowest BCUT2D eigenvalue weighted by atomic mass is 10.1. The molecule has 2 heterocycles. The maximum absolute atomic E-state index is 8.99. The Labute approximate surface area is 83.0 Å². The van der Waals surface area contributed by atoms with Crippen molar-refractivity contribution in [1.29, 1.82) is 0 Å². The summed E-state index contributed by atoms with van der Waals surface area (Å²) in [7, 11) is 0. The summed E-state index contributed by atoms with van der Waals surface area (Å²) < 4.78 is 2.04. The van der Waals surface area contributed by atoms with E-state index in [9.17, 15) is 0 Å². The summed E-state index contributed by atoms with van der Waals surface area (Å²) in [6, 6.07) is 6.03. The highest BCUT2D eigenvalue weighted by molar-refractivity contribution is 5.42. The second-order valence-electron chi connectivity index (χ2n) is 3.72.